The van der Waals surface area contributed by atoms with Gasteiger partial charge < -0.3 is 5.11 Å². The maximum atomic E-state index is 12.1. The Labute approximate surface area is 108 Å². The summed E-state index contributed by atoms with van der Waals surface area (Å²) in [6, 6.07) is 0. The lowest BCUT2D eigenvalue weighted by Gasteiger charge is -2.03. The molecule has 7 heteroatoms. The van der Waals surface area contributed by atoms with E-state index in [1.54, 1.807) is 14.0 Å². The quantitative estimate of drug-likeness (QED) is 0.813. The van der Waals surface area contributed by atoms with E-state index < -0.39 is 5.97 Å². The zero-order valence-corrected chi connectivity index (χ0v) is 10.7. The lowest BCUT2D eigenvalue weighted by Crippen LogP contribution is -2.20. The normalized spacial score (nSPS) is 12.0. The van der Waals surface area contributed by atoms with Gasteiger partial charge in [-0.1, -0.05) is 13.0 Å². The molecule has 2 rings (SSSR count). The molecule has 0 unspecified atom stereocenters. The second-order valence-corrected chi connectivity index (χ2v) is 4.10. The number of carbonyl (C=O) groups is 1. The van der Waals surface area contributed by atoms with E-state index in [0.29, 0.717) is 17.5 Å². The van der Waals surface area contributed by atoms with Gasteiger partial charge in [0.15, 0.2) is 5.65 Å². The zero-order chi connectivity index (χ0) is 14.0. The minimum absolute atomic E-state index is 0.187. The summed E-state index contributed by atoms with van der Waals surface area (Å²) in [5.74, 6) is -0.967. The molecular weight excluding hydrogens is 248 g/mol. The first-order valence-electron chi connectivity index (χ1n) is 5.84. The van der Waals surface area contributed by atoms with Gasteiger partial charge in [0.25, 0.3) is 5.56 Å². The fraction of sp³-hybridized carbons (Fsp3) is 0.333. The van der Waals surface area contributed by atoms with Crippen molar-refractivity contribution in [3.63, 3.8) is 0 Å². The fourth-order valence-corrected chi connectivity index (χ4v) is 1.79. The van der Waals surface area contributed by atoms with E-state index in [-0.39, 0.29) is 17.7 Å². The van der Waals surface area contributed by atoms with Crippen LogP contribution in [0.25, 0.3) is 11.0 Å². The Morgan fingerprint density at radius 2 is 2.26 bits per heavy atom. The van der Waals surface area contributed by atoms with E-state index in [1.807, 2.05) is 0 Å². The van der Waals surface area contributed by atoms with Gasteiger partial charge in [-0.05, 0) is 6.42 Å². The van der Waals surface area contributed by atoms with Crippen LogP contribution < -0.4 is 5.56 Å². The van der Waals surface area contributed by atoms with Crippen LogP contribution >= 0.6 is 0 Å². The van der Waals surface area contributed by atoms with Crippen molar-refractivity contribution in [1.29, 1.82) is 0 Å². The number of fused-ring (bicyclic) bond motifs is 1. The van der Waals surface area contributed by atoms with E-state index in [1.165, 1.54) is 27.8 Å². The van der Waals surface area contributed by atoms with Crippen LogP contribution in [0.4, 0.5) is 0 Å². The number of rotatable bonds is 4. The molecule has 0 spiro atoms. The number of aromatic nitrogens is 4. The lowest BCUT2D eigenvalue weighted by atomic mass is 10.2. The van der Waals surface area contributed by atoms with Crippen molar-refractivity contribution < 1.29 is 9.90 Å². The third-order valence-corrected chi connectivity index (χ3v) is 2.91. The Morgan fingerprint density at radius 1 is 1.53 bits per heavy atom. The Kier molecular flexibility index (Phi) is 3.46. The number of hydrogen-bond donors (Lipinski definition) is 1. The smallest absolute Gasteiger partial charge is 0.331 e. The lowest BCUT2D eigenvalue weighted by molar-refractivity contribution is -0.132. The van der Waals surface area contributed by atoms with Crippen LogP contribution in [0.1, 0.15) is 13.3 Å². The summed E-state index contributed by atoms with van der Waals surface area (Å²) < 4.78 is 2.88. The molecule has 0 saturated carbocycles. The summed E-state index contributed by atoms with van der Waals surface area (Å²) in [5, 5.41) is 13.3. The number of aryl methyl sites for hydroxylation is 1. The standard InChI is InChI=1S/C12H14N4O3/c1-3-8(12(18)19)4-5-16-7-13-10-9(11(16)17)6-14-15(10)2/h4,6-7H,3,5H2,1-2H3,(H,18,19). The predicted molar refractivity (Wildman–Crippen MR) is 68.8 cm³/mol. The molecule has 0 radical (unpaired) electrons. The number of carboxylic acids is 1. The van der Waals surface area contributed by atoms with Gasteiger partial charge in [-0.3, -0.25) is 14.0 Å². The molecular formula is C12H14N4O3. The molecule has 0 amide bonds. The molecule has 7 nitrogen and oxygen atoms in total. The van der Waals surface area contributed by atoms with Gasteiger partial charge in [0.1, 0.15) is 11.7 Å². The SMILES string of the molecule is CCC(=CCn1cnc2c(cnn2C)c1=O)C(=O)O. The molecule has 0 fully saturated rings. The van der Waals surface area contributed by atoms with E-state index in [4.69, 9.17) is 5.11 Å². The number of nitrogens with zero attached hydrogens (tertiary/aromatic N) is 4. The van der Waals surface area contributed by atoms with Gasteiger partial charge in [-0.25, -0.2) is 9.78 Å². The first-order valence-corrected chi connectivity index (χ1v) is 5.84. The number of aliphatic carboxylic acids is 1. The number of carboxylic acid groups (broad SMARTS) is 1. The van der Waals surface area contributed by atoms with Gasteiger partial charge in [-0.15, -0.1) is 0 Å². The number of allylic oxidation sites excluding steroid dienone is 1. The van der Waals surface area contributed by atoms with Crippen molar-refractivity contribution in [2.75, 3.05) is 0 Å². The maximum absolute atomic E-state index is 12.1. The molecule has 2 aromatic rings. The second-order valence-electron chi connectivity index (χ2n) is 4.10. The van der Waals surface area contributed by atoms with Crippen LogP contribution in [0, 0.1) is 0 Å². The van der Waals surface area contributed by atoms with Crippen LogP contribution in [0.2, 0.25) is 0 Å². The third kappa shape index (κ3) is 2.40. The van der Waals surface area contributed by atoms with Crippen molar-refractivity contribution >= 4 is 17.0 Å². The highest BCUT2D eigenvalue weighted by Gasteiger charge is 2.08. The topological polar surface area (TPSA) is 90.0 Å². The predicted octanol–water partition coefficient (Wildman–Crippen LogP) is 0.551. The van der Waals surface area contributed by atoms with Crippen LogP contribution in [0.15, 0.2) is 29.0 Å². The van der Waals surface area contributed by atoms with Crippen molar-refractivity contribution in [3.8, 4) is 0 Å². The van der Waals surface area contributed by atoms with Crippen molar-refractivity contribution in [1.82, 2.24) is 19.3 Å². The summed E-state index contributed by atoms with van der Waals surface area (Å²) >= 11 is 0. The van der Waals surface area contributed by atoms with E-state index in [0.717, 1.165) is 0 Å². The van der Waals surface area contributed by atoms with E-state index in [9.17, 15) is 9.59 Å². The largest absolute Gasteiger partial charge is 0.478 e. The molecule has 100 valence electrons. The molecule has 0 bridgehead atoms. The van der Waals surface area contributed by atoms with Crippen molar-refractivity contribution in [2.45, 2.75) is 19.9 Å². The van der Waals surface area contributed by atoms with Crippen LogP contribution in [-0.4, -0.2) is 30.4 Å². The summed E-state index contributed by atoms with van der Waals surface area (Å²) in [6.45, 7) is 1.94. The van der Waals surface area contributed by atoms with Gasteiger partial charge >= 0.3 is 5.97 Å². The van der Waals surface area contributed by atoms with Gasteiger partial charge in [0, 0.05) is 19.2 Å². The highest BCUT2D eigenvalue weighted by molar-refractivity contribution is 5.86. The average molecular weight is 262 g/mol. The van der Waals surface area contributed by atoms with Crippen LogP contribution in [-0.2, 0) is 18.4 Å². The molecule has 0 saturated heterocycles. The Morgan fingerprint density at radius 3 is 2.89 bits per heavy atom. The number of hydrogen-bond acceptors (Lipinski definition) is 4. The van der Waals surface area contributed by atoms with Gasteiger partial charge in [0.2, 0.25) is 0 Å². The van der Waals surface area contributed by atoms with Crippen molar-refractivity contribution in [3.05, 3.63) is 34.5 Å². The first-order chi connectivity index (χ1) is 9.04. The molecule has 2 aromatic heterocycles. The minimum atomic E-state index is -0.967. The van der Waals surface area contributed by atoms with Crippen LogP contribution in [0.3, 0.4) is 0 Å². The highest BCUT2D eigenvalue weighted by Crippen LogP contribution is 2.04. The monoisotopic (exact) mass is 262 g/mol. The fourth-order valence-electron chi connectivity index (χ4n) is 1.79. The Balaban J connectivity index is 2.39. The molecule has 0 aromatic carbocycles. The Bertz CT molecular complexity index is 711. The minimum Gasteiger partial charge on any atom is -0.478 e. The molecule has 19 heavy (non-hydrogen) atoms. The second kappa shape index (κ2) is 5.05. The zero-order valence-electron chi connectivity index (χ0n) is 10.7. The molecule has 0 aliphatic rings. The van der Waals surface area contributed by atoms with Gasteiger partial charge in [0.05, 0.1) is 6.20 Å². The maximum Gasteiger partial charge on any atom is 0.331 e. The molecule has 0 atom stereocenters. The molecule has 1 N–H and O–H groups in total. The molecule has 0 aliphatic carbocycles. The van der Waals surface area contributed by atoms with Crippen molar-refractivity contribution in [2.24, 2.45) is 7.05 Å². The molecule has 2 heterocycles. The summed E-state index contributed by atoms with van der Waals surface area (Å²) in [5.41, 5.74) is 0.563. The highest BCUT2D eigenvalue weighted by atomic mass is 16.4. The van der Waals surface area contributed by atoms with Crippen LogP contribution in [0.5, 0.6) is 0 Å². The van der Waals surface area contributed by atoms with E-state index >= 15 is 0 Å². The first kappa shape index (κ1) is 13.0. The summed E-state index contributed by atoms with van der Waals surface area (Å²) in [6.07, 6.45) is 4.79. The Hall–Kier alpha value is -2.44. The summed E-state index contributed by atoms with van der Waals surface area (Å²) in [4.78, 5) is 27.1. The third-order valence-electron chi connectivity index (χ3n) is 2.91. The molecule has 0 aliphatic heterocycles. The van der Waals surface area contributed by atoms with E-state index in [2.05, 4.69) is 10.1 Å². The summed E-state index contributed by atoms with van der Waals surface area (Å²) in [7, 11) is 1.71. The average Bonchev–Trinajstić information content (AvgIpc) is 2.75. The van der Waals surface area contributed by atoms with Gasteiger partial charge in [-0.2, -0.15) is 5.10 Å².